The molecule has 4 rings (SSSR count). The van der Waals surface area contributed by atoms with E-state index in [0.29, 0.717) is 37.2 Å². The van der Waals surface area contributed by atoms with E-state index in [1.165, 1.54) is 11.8 Å². The smallest absolute Gasteiger partial charge is 0.255 e. The molecule has 0 bridgehead atoms. The monoisotopic (exact) mass is 491 g/mol. The van der Waals surface area contributed by atoms with Gasteiger partial charge in [-0.1, -0.05) is 19.8 Å². The Balaban J connectivity index is 1.38. The van der Waals surface area contributed by atoms with Gasteiger partial charge in [-0.3, -0.25) is 19.7 Å². The second kappa shape index (κ2) is 11.0. The minimum absolute atomic E-state index is 0.0782. The SMILES string of the molecule is CCC(F)(F)CCCNC1CCCCCC1Oc1ccc2c(c1)CN(C1CCC(=O)NC1=O)C2=O. The summed E-state index contributed by atoms with van der Waals surface area (Å²) in [6, 6.07) is 4.83. The number of hydrogen-bond donors (Lipinski definition) is 2. The van der Waals surface area contributed by atoms with Crippen LogP contribution >= 0.6 is 0 Å². The van der Waals surface area contributed by atoms with E-state index in [4.69, 9.17) is 4.74 Å². The molecule has 1 saturated carbocycles. The number of carbonyl (C=O) groups is 3. The highest BCUT2D eigenvalue weighted by Gasteiger charge is 2.39. The largest absolute Gasteiger partial charge is 0.489 e. The number of carbonyl (C=O) groups excluding carboxylic acids is 3. The zero-order valence-corrected chi connectivity index (χ0v) is 20.3. The Kier molecular flexibility index (Phi) is 8.04. The number of amides is 3. The maximum Gasteiger partial charge on any atom is 0.255 e. The van der Waals surface area contributed by atoms with Gasteiger partial charge in [-0.25, -0.2) is 8.78 Å². The Hall–Kier alpha value is -2.55. The van der Waals surface area contributed by atoms with Gasteiger partial charge < -0.3 is 15.0 Å². The van der Waals surface area contributed by atoms with E-state index >= 15 is 0 Å². The van der Waals surface area contributed by atoms with E-state index in [9.17, 15) is 23.2 Å². The molecular formula is C26H35F2N3O4. The zero-order valence-electron chi connectivity index (χ0n) is 20.3. The van der Waals surface area contributed by atoms with Crippen molar-refractivity contribution in [1.29, 1.82) is 0 Å². The molecule has 0 radical (unpaired) electrons. The van der Waals surface area contributed by atoms with Crippen LogP contribution in [0.4, 0.5) is 8.78 Å². The molecule has 0 spiro atoms. The molecule has 3 amide bonds. The van der Waals surface area contributed by atoms with Gasteiger partial charge in [-0.05, 0) is 62.4 Å². The molecule has 1 aromatic carbocycles. The molecule has 192 valence electrons. The number of imide groups is 1. The van der Waals surface area contributed by atoms with E-state index in [1.54, 1.807) is 12.1 Å². The Labute approximate surface area is 205 Å². The highest BCUT2D eigenvalue weighted by Crippen LogP contribution is 2.32. The predicted octanol–water partition coefficient (Wildman–Crippen LogP) is 3.94. The standard InChI is InChI=1S/C26H35F2N3O4/c1-2-26(27,28)13-6-14-29-20-7-4-3-5-8-22(20)35-18-9-10-19-17(15-18)16-31(25(19)34)21-11-12-23(32)30-24(21)33/h9-10,15,20-22,29H,2-8,11-14,16H2,1H3,(H,30,32,33). The van der Waals surface area contributed by atoms with Crippen LogP contribution < -0.4 is 15.4 Å². The molecule has 0 aromatic heterocycles. The number of fused-ring (bicyclic) bond motifs is 1. The lowest BCUT2D eigenvalue weighted by Gasteiger charge is -2.29. The van der Waals surface area contributed by atoms with E-state index in [-0.39, 0.29) is 43.2 Å². The average molecular weight is 492 g/mol. The molecule has 3 aliphatic rings. The van der Waals surface area contributed by atoms with Crippen molar-refractivity contribution in [3.8, 4) is 5.75 Å². The molecule has 1 aliphatic carbocycles. The van der Waals surface area contributed by atoms with E-state index in [2.05, 4.69) is 10.6 Å². The minimum atomic E-state index is -2.61. The Morgan fingerprint density at radius 1 is 1.14 bits per heavy atom. The van der Waals surface area contributed by atoms with Crippen LogP contribution in [0.15, 0.2) is 18.2 Å². The zero-order chi connectivity index (χ0) is 25.0. The van der Waals surface area contributed by atoms with Crippen LogP contribution in [-0.4, -0.2) is 53.3 Å². The number of ether oxygens (including phenoxy) is 1. The first kappa shape index (κ1) is 25.5. The topological polar surface area (TPSA) is 87.7 Å². The summed E-state index contributed by atoms with van der Waals surface area (Å²) in [7, 11) is 0. The maximum absolute atomic E-state index is 13.6. The van der Waals surface area contributed by atoms with Gasteiger partial charge in [-0.15, -0.1) is 0 Å². The molecule has 2 heterocycles. The second-order valence-corrected chi connectivity index (χ2v) is 9.89. The number of alkyl halides is 2. The van der Waals surface area contributed by atoms with Gasteiger partial charge in [0.2, 0.25) is 17.7 Å². The third-order valence-corrected chi connectivity index (χ3v) is 7.38. The van der Waals surface area contributed by atoms with Crippen LogP contribution in [0, 0.1) is 0 Å². The van der Waals surface area contributed by atoms with E-state index in [0.717, 1.165) is 37.7 Å². The molecule has 1 aromatic rings. The molecule has 3 atom stereocenters. The van der Waals surface area contributed by atoms with Gasteiger partial charge in [0, 0.05) is 37.4 Å². The van der Waals surface area contributed by atoms with Crippen molar-refractivity contribution in [3.63, 3.8) is 0 Å². The van der Waals surface area contributed by atoms with E-state index < -0.39 is 17.9 Å². The highest BCUT2D eigenvalue weighted by molar-refractivity contribution is 6.05. The first-order valence-corrected chi connectivity index (χ1v) is 12.8. The van der Waals surface area contributed by atoms with Crippen LogP contribution in [0.3, 0.4) is 0 Å². The van der Waals surface area contributed by atoms with Crippen LogP contribution in [-0.2, 0) is 16.1 Å². The summed E-state index contributed by atoms with van der Waals surface area (Å²) in [5.41, 5.74) is 1.35. The minimum Gasteiger partial charge on any atom is -0.489 e. The fourth-order valence-corrected chi connectivity index (χ4v) is 5.26. The molecule has 2 fully saturated rings. The van der Waals surface area contributed by atoms with Crippen LogP contribution in [0.2, 0.25) is 0 Å². The molecule has 1 saturated heterocycles. The molecule has 2 N–H and O–H groups in total. The summed E-state index contributed by atoms with van der Waals surface area (Å²) in [6.45, 7) is 2.34. The summed E-state index contributed by atoms with van der Waals surface area (Å²) < 4.78 is 33.5. The number of hydrogen-bond acceptors (Lipinski definition) is 5. The third-order valence-electron chi connectivity index (χ3n) is 7.38. The molecule has 2 aliphatic heterocycles. The lowest BCUT2D eigenvalue weighted by atomic mass is 10.0. The summed E-state index contributed by atoms with van der Waals surface area (Å²) in [6.07, 6.45) is 5.68. The van der Waals surface area contributed by atoms with Crippen molar-refractivity contribution in [1.82, 2.24) is 15.5 Å². The number of rotatable bonds is 9. The lowest BCUT2D eigenvalue weighted by Crippen LogP contribution is -2.52. The van der Waals surface area contributed by atoms with Crippen molar-refractivity contribution in [3.05, 3.63) is 29.3 Å². The number of benzene rings is 1. The van der Waals surface area contributed by atoms with Crippen LogP contribution in [0.5, 0.6) is 5.75 Å². The molecule has 9 heteroatoms. The van der Waals surface area contributed by atoms with Crippen molar-refractivity contribution < 1.29 is 27.9 Å². The fraction of sp³-hybridized carbons (Fsp3) is 0.654. The molecular weight excluding hydrogens is 456 g/mol. The highest BCUT2D eigenvalue weighted by atomic mass is 19.3. The van der Waals surface area contributed by atoms with Gasteiger partial charge in [0.1, 0.15) is 17.9 Å². The summed E-state index contributed by atoms with van der Waals surface area (Å²) in [4.78, 5) is 38.2. The number of halogens is 2. The first-order valence-electron chi connectivity index (χ1n) is 12.8. The summed E-state index contributed by atoms with van der Waals surface area (Å²) >= 11 is 0. The van der Waals surface area contributed by atoms with Crippen LogP contribution in [0.1, 0.15) is 87.1 Å². The first-order chi connectivity index (χ1) is 16.8. The third kappa shape index (κ3) is 6.18. The molecule has 3 unspecified atom stereocenters. The normalized spacial score (nSPS) is 25.3. The molecule has 35 heavy (non-hydrogen) atoms. The second-order valence-electron chi connectivity index (χ2n) is 9.89. The van der Waals surface area contributed by atoms with Gasteiger partial charge >= 0.3 is 0 Å². The number of nitrogens with one attached hydrogen (secondary N) is 2. The van der Waals surface area contributed by atoms with Gasteiger partial charge in [-0.2, -0.15) is 0 Å². The van der Waals surface area contributed by atoms with Crippen molar-refractivity contribution in [2.45, 2.75) is 102 Å². The average Bonchev–Trinajstić information content (AvgIpc) is 2.99. The van der Waals surface area contributed by atoms with Crippen molar-refractivity contribution in [2.75, 3.05) is 6.54 Å². The van der Waals surface area contributed by atoms with Crippen molar-refractivity contribution in [2.24, 2.45) is 0 Å². The Bertz CT molecular complexity index is 955. The quantitative estimate of drug-likeness (QED) is 0.310. The molecule has 7 nitrogen and oxygen atoms in total. The van der Waals surface area contributed by atoms with Gasteiger partial charge in [0.25, 0.3) is 5.91 Å². The Morgan fingerprint density at radius 2 is 1.94 bits per heavy atom. The van der Waals surface area contributed by atoms with Crippen molar-refractivity contribution >= 4 is 17.7 Å². The number of nitrogens with zero attached hydrogens (tertiary/aromatic N) is 1. The van der Waals surface area contributed by atoms with Crippen LogP contribution in [0.25, 0.3) is 0 Å². The van der Waals surface area contributed by atoms with Gasteiger partial charge in [0.05, 0.1) is 0 Å². The maximum atomic E-state index is 13.6. The van der Waals surface area contributed by atoms with E-state index in [1.807, 2.05) is 6.07 Å². The predicted molar refractivity (Wildman–Crippen MR) is 126 cm³/mol. The lowest BCUT2D eigenvalue weighted by molar-refractivity contribution is -0.136. The number of piperidine rings is 1. The summed E-state index contributed by atoms with van der Waals surface area (Å²) in [5.74, 6) is -2.89. The van der Waals surface area contributed by atoms with Gasteiger partial charge in [0.15, 0.2) is 0 Å². The Morgan fingerprint density at radius 3 is 2.71 bits per heavy atom. The fourth-order valence-electron chi connectivity index (χ4n) is 5.26. The summed E-state index contributed by atoms with van der Waals surface area (Å²) in [5, 5.41) is 5.77.